The Labute approximate surface area is 162 Å². The van der Waals surface area contributed by atoms with Gasteiger partial charge in [0.05, 0.1) is 24.7 Å². The Balaban J connectivity index is 0.00000288. The highest BCUT2D eigenvalue weighted by Crippen LogP contribution is 2.26. The van der Waals surface area contributed by atoms with Crippen molar-refractivity contribution in [3.05, 3.63) is 0 Å². The van der Waals surface area contributed by atoms with E-state index in [-0.39, 0.29) is 41.5 Å². The van der Waals surface area contributed by atoms with Gasteiger partial charge in [0, 0.05) is 38.8 Å². The molecule has 1 aliphatic carbocycles. The van der Waals surface area contributed by atoms with E-state index in [1.807, 2.05) is 6.92 Å². The summed E-state index contributed by atoms with van der Waals surface area (Å²) in [5.41, 5.74) is 0. The molecule has 1 saturated heterocycles. The molecule has 0 radical (unpaired) electrons. The van der Waals surface area contributed by atoms with E-state index in [0.29, 0.717) is 19.0 Å². The predicted molar refractivity (Wildman–Crippen MR) is 108 cm³/mol. The Kier molecular flexibility index (Phi) is 9.83. The van der Waals surface area contributed by atoms with Crippen molar-refractivity contribution in [3.63, 3.8) is 0 Å². The van der Waals surface area contributed by atoms with Crippen LogP contribution in [0.1, 0.15) is 26.2 Å². The van der Waals surface area contributed by atoms with Gasteiger partial charge in [0.2, 0.25) is 0 Å². The number of methoxy groups -OCH3 is 1. The van der Waals surface area contributed by atoms with Crippen LogP contribution in [0.3, 0.4) is 0 Å². The minimum absolute atomic E-state index is 0. The number of nitrogens with zero attached hydrogens (tertiary/aromatic N) is 2. The minimum Gasteiger partial charge on any atom is -0.383 e. The summed E-state index contributed by atoms with van der Waals surface area (Å²) in [6.45, 7) is 6.08. The highest BCUT2D eigenvalue weighted by atomic mass is 127. The lowest BCUT2D eigenvalue weighted by atomic mass is 10.3. The molecule has 0 spiro atoms. The third kappa shape index (κ3) is 7.83. The van der Waals surface area contributed by atoms with E-state index in [0.717, 1.165) is 32.2 Å². The summed E-state index contributed by atoms with van der Waals surface area (Å²) in [6.07, 6.45) is 3.20. The molecule has 2 rings (SSSR count). The third-order valence-electron chi connectivity index (χ3n) is 4.22. The molecule has 1 atom stereocenters. The van der Waals surface area contributed by atoms with Crippen molar-refractivity contribution in [1.29, 1.82) is 0 Å². The maximum atomic E-state index is 11.5. The maximum absolute atomic E-state index is 11.5. The van der Waals surface area contributed by atoms with E-state index in [9.17, 15) is 8.42 Å². The number of hydrogen-bond donors (Lipinski definition) is 2. The van der Waals surface area contributed by atoms with Gasteiger partial charge in [0.25, 0.3) is 0 Å². The molecule has 1 heterocycles. The number of rotatable bonds is 9. The van der Waals surface area contributed by atoms with E-state index >= 15 is 0 Å². The van der Waals surface area contributed by atoms with Crippen LogP contribution in [0.25, 0.3) is 0 Å². The fourth-order valence-corrected chi connectivity index (χ4v) is 4.51. The zero-order valence-corrected chi connectivity index (χ0v) is 17.8. The van der Waals surface area contributed by atoms with Gasteiger partial charge in [0.1, 0.15) is 0 Å². The summed E-state index contributed by atoms with van der Waals surface area (Å²) in [5, 5.41) is 6.45. The van der Waals surface area contributed by atoms with Crippen LogP contribution in [0.15, 0.2) is 4.99 Å². The Morgan fingerprint density at radius 3 is 2.58 bits per heavy atom. The van der Waals surface area contributed by atoms with Crippen molar-refractivity contribution in [2.75, 3.05) is 51.4 Å². The summed E-state index contributed by atoms with van der Waals surface area (Å²) in [6, 6.07) is 0.668. The quantitative estimate of drug-likeness (QED) is 0.287. The van der Waals surface area contributed by atoms with Crippen molar-refractivity contribution in [2.24, 2.45) is 4.99 Å². The van der Waals surface area contributed by atoms with Gasteiger partial charge in [-0.15, -0.1) is 24.0 Å². The topological polar surface area (TPSA) is 83.0 Å². The molecule has 0 aromatic carbocycles. The number of guanidine groups is 1. The molecule has 7 nitrogen and oxygen atoms in total. The molecule has 24 heavy (non-hydrogen) atoms. The van der Waals surface area contributed by atoms with E-state index in [4.69, 9.17) is 4.74 Å². The number of ether oxygens (including phenoxy) is 1. The van der Waals surface area contributed by atoms with Gasteiger partial charge < -0.3 is 15.4 Å². The standard InChI is InChI=1S/C15H30N4O3S.HI/c1-3-16-15(18-13-6-11-23(20,21)12-13)17-7-8-19(9-10-22-2)14-4-5-14;/h13-14H,3-12H2,1-2H3,(H2,16,17,18);1H. The second-order valence-corrected chi connectivity index (χ2v) is 8.49. The highest BCUT2D eigenvalue weighted by molar-refractivity contribution is 14.0. The fraction of sp³-hybridized carbons (Fsp3) is 0.933. The molecule has 9 heteroatoms. The van der Waals surface area contributed by atoms with Crippen molar-refractivity contribution in [2.45, 2.75) is 38.3 Å². The second-order valence-electron chi connectivity index (χ2n) is 6.26. The van der Waals surface area contributed by atoms with Gasteiger partial charge in [0.15, 0.2) is 15.8 Å². The first-order valence-electron chi connectivity index (χ1n) is 8.52. The lowest BCUT2D eigenvalue weighted by Gasteiger charge is -2.21. The summed E-state index contributed by atoms with van der Waals surface area (Å²) in [5.74, 6) is 1.20. The minimum atomic E-state index is -2.87. The summed E-state index contributed by atoms with van der Waals surface area (Å²) >= 11 is 0. The molecular formula is C15H31IN4O3S. The zero-order valence-electron chi connectivity index (χ0n) is 14.7. The molecule has 2 N–H and O–H groups in total. The molecule has 0 bridgehead atoms. The van der Waals surface area contributed by atoms with Crippen LogP contribution in [-0.4, -0.2) is 82.8 Å². The lowest BCUT2D eigenvalue weighted by Crippen LogP contribution is -2.44. The van der Waals surface area contributed by atoms with Crippen LogP contribution in [0, 0.1) is 0 Å². The summed E-state index contributed by atoms with van der Waals surface area (Å²) in [4.78, 5) is 7.03. The second kappa shape index (κ2) is 10.8. The Hall–Kier alpha value is -0.130. The number of halogens is 1. The Morgan fingerprint density at radius 2 is 2.04 bits per heavy atom. The molecule has 2 aliphatic rings. The van der Waals surface area contributed by atoms with Gasteiger partial charge in [-0.3, -0.25) is 9.89 Å². The molecule has 0 aromatic rings. The summed E-state index contributed by atoms with van der Waals surface area (Å²) in [7, 11) is -1.14. The van der Waals surface area contributed by atoms with E-state index in [2.05, 4.69) is 20.5 Å². The van der Waals surface area contributed by atoms with Gasteiger partial charge in [-0.1, -0.05) is 0 Å². The van der Waals surface area contributed by atoms with Crippen molar-refractivity contribution >= 4 is 39.8 Å². The first kappa shape index (κ1) is 21.9. The Bertz CT molecular complexity index is 497. The van der Waals surface area contributed by atoms with Gasteiger partial charge >= 0.3 is 0 Å². The molecule has 1 aliphatic heterocycles. The SMILES string of the molecule is CCNC(=NCCN(CCOC)C1CC1)NC1CCS(=O)(=O)C1.I. The smallest absolute Gasteiger partial charge is 0.191 e. The van der Waals surface area contributed by atoms with E-state index < -0.39 is 9.84 Å². The van der Waals surface area contributed by atoms with Crippen LogP contribution in [0.5, 0.6) is 0 Å². The van der Waals surface area contributed by atoms with Crippen molar-refractivity contribution in [3.8, 4) is 0 Å². The highest BCUT2D eigenvalue weighted by Gasteiger charge is 2.29. The van der Waals surface area contributed by atoms with Gasteiger partial charge in [-0.2, -0.15) is 0 Å². The zero-order chi connectivity index (χ0) is 16.7. The van der Waals surface area contributed by atoms with E-state index in [1.165, 1.54) is 12.8 Å². The maximum Gasteiger partial charge on any atom is 0.191 e. The number of hydrogen-bond acceptors (Lipinski definition) is 5. The van der Waals surface area contributed by atoms with Crippen molar-refractivity contribution < 1.29 is 13.2 Å². The van der Waals surface area contributed by atoms with Crippen LogP contribution in [-0.2, 0) is 14.6 Å². The molecule has 1 saturated carbocycles. The molecule has 0 amide bonds. The summed E-state index contributed by atoms with van der Waals surface area (Å²) < 4.78 is 28.3. The predicted octanol–water partition coefficient (Wildman–Crippen LogP) is 0.457. The van der Waals surface area contributed by atoms with E-state index in [1.54, 1.807) is 7.11 Å². The third-order valence-corrected chi connectivity index (χ3v) is 5.99. The molecule has 0 aromatic heterocycles. The lowest BCUT2D eigenvalue weighted by molar-refractivity contribution is 0.145. The van der Waals surface area contributed by atoms with Crippen LogP contribution < -0.4 is 10.6 Å². The molecule has 2 fully saturated rings. The van der Waals surface area contributed by atoms with Crippen LogP contribution in [0.4, 0.5) is 0 Å². The van der Waals surface area contributed by atoms with Crippen LogP contribution >= 0.6 is 24.0 Å². The average molecular weight is 474 g/mol. The normalized spacial score (nSPS) is 23.1. The molecule has 142 valence electrons. The largest absolute Gasteiger partial charge is 0.383 e. The number of sulfone groups is 1. The first-order valence-corrected chi connectivity index (χ1v) is 10.3. The molecular weight excluding hydrogens is 443 g/mol. The van der Waals surface area contributed by atoms with Crippen molar-refractivity contribution in [1.82, 2.24) is 15.5 Å². The molecule has 1 unspecified atom stereocenters. The fourth-order valence-electron chi connectivity index (χ4n) is 2.84. The number of aliphatic imine (C=N–C) groups is 1. The van der Waals surface area contributed by atoms with Gasteiger partial charge in [-0.25, -0.2) is 8.42 Å². The average Bonchev–Trinajstić information content (AvgIpc) is 3.27. The number of nitrogens with one attached hydrogen (secondary N) is 2. The monoisotopic (exact) mass is 474 g/mol. The van der Waals surface area contributed by atoms with Gasteiger partial charge in [-0.05, 0) is 26.2 Å². The van der Waals surface area contributed by atoms with Crippen LogP contribution in [0.2, 0.25) is 0 Å². The first-order chi connectivity index (χ1) is 11.0. The Morgan fingerprint density at radius 1 is 1.29 bits per heavy atom.